The monoisotopic (exact) mass is 360 g/mol. The lowest BCUT2D eigenvalue weighted by Crippen LogP contribution is -2.41. The Kier molecular flexibility index (Phi) is 6.89. The van der Waals surface area contributed by atoms with E-state index in [4.69, 9.17) is 9.47 Å². The molecule has 0 aliphatic rings. The fourth-order valence-electron chi connectivity index (χ4n) is 1.98. The van der Waals surface area contributed by atoms with E-state index in [1.54, 1.807) is 19.1 Å². The van der Waals surface area contributed by atoms with Gasteiger partial charge in [-0.15, -0.1) is 0 Å². The summed E-state index contributed by atoms with van der Waals surface area (Å²) in [5.74, 6) is -0.0955. The van der Waals surface area contributed by atoms with Gasteiger partial charge < -0.3 is 14.8 Å². The van der Waals surface area contributed by atoms with Gasteiger partial charge in [0.15, 0.2) is 4.90 Å². The number of carbonyl (C=O) groups is 2. The lowest BCUT2D eigenvalue weighted by molar-refractivity contribution is -0.136. The van der Waals surface area contributed by atoms with Crippen molar-refractivity contribution >= 4 is 23.0 Å². The van der Waals surface area contributed by atoms with Crippen LogP contribution in [0.1, 0.15) is 12.5 Å². The largest absolute Gasteiger partial charge is 0.445 e. The first-order chi connectivity index (χ1) is 12.0. The molecule has 0 aliphatic heterocycles. The summed E-state index contributed by atoms with van der Waals surface area (Å²) in [6.45, 7) is 1.70. The number of esters is 1. The Balaban J connectivity index is 1.80. The van der Waals surface area contributed by atoms with Gasteiger partial charge in [0.25, 0.3) is 0 Å². The predicted molar refractivity (Wildman–Crippen MR) is 98.8 cm³/mol. The average Bonchev–Trinajstić information content (AvgIpc) is 2.61. The zero-order valence-electron chi connectivity index (χ0n) is 14.5. The van der Waals surface area contributed by atoms with Crippen molar-refractivity contribution in [2.24, 2.45) is 0 Å². The molecule has 0 radical (unpaired) electrons. The van der Waals surface area contributed by atoms with E-state index < -0.39 is 18.1 Å². The normalized spacial score (nSPS) is 11.7. The van der Waals surface area contributed by atoms with Gasteiger partial charge in [0.2, 0.25) is 0 Å². The van der Waals surface area contributed by atoms with Gasteiger partial charge in [-0.25, -0.2) is 9.59 Å². The quantitative estimate of drug-likeness (QED) is 0.488. The summed E-state index contributed by atoms with van der Waals surface area (Å²) in [5.41, 5.74) is 0.874. The summed E-state index contributed by atoms with van der Waals surface area (Å²) in [4.78, 5) is 25.0. The maximum atomic E-state index is 12.1. The van der Waals surface area contributed by atoms with Crippen LogP contribution in [0, 0.1) is 0 Å². The van der Waals surface area contributed by atoms with Crippen LogP contribution in [0.15, 0.2) is 59.5 Å². The third kappa shape index (κ3) is 6.15. The predicted octanol–water partition coefficient (Wildman–Crippen LogP) is 3.14. The van der Waals surface area contributed by atoms with Crippen LogP contribution in [0.2, 0.25) is 0 Å². The van der Waals surface area contributed by atoms with Crippen LogP contribution in [-0.2, 0) is 27.0 Å². The lowest BCUT2D eigenvalue weighted by Gasteiger charge is -2.13. The summed E-state index contributed by atoms with van der Waals surface area (Å²) < 4.78 is 10.4. The molecular weight excluding hydrogens is 338 g/mol. The Morgan fingerprint density at radius 2 is 1.68 bits per heavy atom. The molecule has 1 atom stereocenters. The highest BCUT2D eigenvalue weighted by atomic mass is 32.2. The first-order valence-corrected chi connectivity index (χ1v) is 9.86. The Hall–Kier alpha value is -2.47. The second-order valence-electron chi connectivity index (χ2n) is 5.64. The molecule has 132 valence electrons. The van der Waals surface area contributed by atoms with E-state index in [2.05, 4.69) is 17.8 Å². The summed E-state index contributed by atoms with van der Waals surface area (Å²) >= 11 is 0. The SMILES string of the molecule is CC(NC(=O)OCc1ccccc1)C(=O)Oc1ccc([S+](C)C)cc1. The summed E-state index contributed by atoms with van der Waals surface area (Å²) in [7, 11) is 0.151. The van der Waals surface area contributed by atoms with Crippen molar-refractivity contribution in [1.29, 1.82) is 0 Å². The minimum absolute atomic E-state index is 0.145. The van der Waals surface area contributed by atoms with Crippen LogP contribution in [0.5, 0.6) is 5.75 Å². The molecule has 6 heteroatoms. The first-order valence-electron chi connectivity index (χ1n) is 7.82. The Morgan fingerprint density at radius 3 is 2.28 bits per heavy atom. The Labute approximate surface area is 150 Å². The highest BCUT2D eigenvalue weighted by Crippen LogP contribution is 2.16. The first kappa shape index (κ1) is 18.9. The fraction of sp³-hybridized carbons (Fsp3) is 0.263. The third-order valence-electron chi connectivity index (χ3n) is 3.41. The molecule has 0 saturated carbocycles. The van der Waals surface area contributed by atoms with Crippen molar-refractivity contribution in [3.63, 3.8) is 0 Å². The van der Waals surface area contributed by atoms with E-state index in [1.807, 2.05) is 42.5 Å². The number of amides is 1. The van der Waals surface area contributed by atoms with Gasteiger partial charge in [0, 0.05) is 10.9 Å². The van der Waals surface area contributed by atoms with Gasteiger partial charge in [0.1, 0.15) is 30.9 Å². The van der Waals surface area contributed by atoms with Gasteiger partial charge in [-0.1, -0.05) is 30.3 Å². The molecule has 2 rings (SSSR count). The Morgan fingerprint density at radius 1 is 1.04 bits per heavy atom. The number of alkyl carbamates (subject to hydrolysis) is 1. The van der Waals surface area contributed by atoms with Gasteiger partial charge in [-0.05, 0) is 36.8 Å². The van der Waals surface area contributed by atoms with Crippen LogP contribution < -0.4 is 10.1 Å². The van der Waals surface area contributed by atoms with Crippen LogP contribution in [0.4, 0.5) is 4.79 Å². The molecule has 0 aromatic heterocycles. The number of carbonyl (C=O) groups excluding carboxylic acids is 2. The summed E-state index contributed by atoms with van der Waals surface area (Å²) in [5, 5.41) is 2.47. The smallest absolute Gasteiger partial charge is 0.408 e. The lowest BCUT2D eigenvalue weighted by atomic mass is 10.2. The van der Waals surface area contributed by atoms with Crippen molar-refractivity contribution < 1.29 is 19.1 Å². The minimum Gasteiger partial charge on any atom is -0.445 e. The van der Waals surface area contributed by atoms with E-state index in [-0.39, 0.29) is 17.5 Å². The molecule has 1 amide bonds. The molecule has 2 aromatic carbocycles. The van der Waals surface area contributed by atoms with Crippen LogP contribution in [0.3, 0.4) is 0 Å². The number of hydrogen-bond acceptors (Lipinski definition) is 4. The van der Waals surface area contributed by atoms with E-state index >= 15 is 0 Å². The maximum Gasteiger partial charge on any atom is 0.408 e. The van der Waals surface area contributed by atoms with Gasteiger partial charge in [-0.3, -0.25) is 0 Å². The molecule has 0 aliphatic carbocycles. The highest BCUT2D eigenvalue weighted by molar-refractivity contribution is 7.95. The van der Waals surface area contributed by atoms with Gasteiger partial charge in [-0.2, -0.15) is 0 Å². The van der Waals surface area contributed by atoms with Crippen molar-refractivity contribution in [1.82, 2.24) is 5.32 Å². The molecule has 1 unspecified atom stereocenters. The second-order valence-corrected chi connectivity index (χ2v) is 7.74. The zero-order chi connectivity index (χ0) is 18.2. The number of benzene rings is 2. The van der Waals surface area contributed by atoms with Gasteiger partial charge >= 0.3 is 12.1 Å². The summed E-state index contributed by atoms with van der Waals surface area (Å²) in [6.07, 6.45) is 3.58. The molecule has 1 N–H and O–H groups in total. The molecule has 25 heavy (non-hydrogen) atoms. The van der Waals surface area contributed by atoms with Crippen molar-refractivity contribution in [2.75, 3.05) is 12.5 Å². The molecule has 0 saturated heterocycles. The van der Waals surface area contributed by atoms with Crippen LogP contribution >= 0.6 is 0 Å². The highest BCUT2D eigenvalue weighted by Gasteiger charge is 2.19. The standard InChI is InChI=1S/C19H21NO4S/c1-14(20-19(22)23-13-15-7-5-4-6-8-15)18(21)24-16-9-11-17(12-10-16)25(2)3/h4-12,14H,13H2,1-3H3/p+1. The number of rotatable bonds is 6. The third-order valence-corrected chi connectivity index (χ3v) is 4.63. The summed E-state index contributed by atoms with van der Waals surface area (Å²) in [6, 6.07) is 15.9. The van der Waals surface area contributed by atoms with Crippen molar-refractivity contribution in [3.05, 3.63) is 60.2 Å². The molecule has 0 heterocycles. The zero-order valence-corrected chi connectivity index (χ0v) is 15.3. The minimum atomic E-state index is -0.810. The topological polar surface area (TPSA) is 64.6 Å². The molecule has 2 aromatic rings. The second kappa shape index (κ2) is 9.13. The van der Waals surface area contributed by atoms with E-state index in [1.165, 1.54) is 4.90 Å². The van der Waals surface area contributed by atoms with E-state index in [0.717, 1.165) is 5.56 Å². The maximum absolute atomic E-state index is 12.1. The molecule has 0 fully saturated rings. The Bertz CT molecular complexity index is 701. The van der Waals surface area contributed by atoms with Crippen LogP contribution in [0.25, 0.3) is 0 Å². The van der Waals surface area contributed by atoms with Crippen molar-refractivity contribution in [2.45, 2.75) is 24.5 Å². The molecular formula is C19H22NO4S+. The molecule has 0 bridgehead atoms. The average molecular weight is 360 g/mol. The molecule has 0 spiro atoms. The van der Waals surface area contributed by atoms with Crippen LogP contribution in [-0.4, -0.2) is 30.6 Å². The van der Waals surface area contributed by atoms with E-state index in [9.17, 15) is 9.59 Å². The fourth-order valence-corrected chi connectivity index (χ4v) is 2.67. The number of ether oxygens (including phenoxy) is 2. The van der Waals surface area contributed by atoms with E-state index in [0.29, 0.717) is 5.75 Å². The number of nitrogens with one attached hydrogen (secondary N) is 1. The number of hydrogen-bond donors (Lipinski definition) is 1. The molecule has 5 nitrogen and oxygen atoms in total. The van der Waals surface area contributed by atoms with Gasteiger partial charge in [0.05, 0.1) is 0 Å². The van der Waals surface area contributed by atoms with Crippen molar-refractivity contribution in [3.8, 4) is 5.75 Å².